The van der Waals surface area contributed by atoms with Gasteiger partial charge in [-0.3, -0.25) is 14.2 Å². The van der Waals surface area contributed by atoms with Crippen molar-refractivity contribution in [1.29, 1.82) is 0 Å². The van der Waals surface area contributed by atoms with Crippen molar-refractivity contribution in [3.63, 3.8) is 0 Å². The van der Waals surface area contributed by atoms with Crippen LogP contribution in [-0.2, 0) is 17.8 Å². The lowest BCUT2D eigenvalue weighted by Gasteiger charge is -2.06. The van der Waals surface area contributed by atoms with Crippen molar-refractivity contribution in [2.24, 2.45) is 0 Å². The molecule has 3 rings (SSSR count). The van der Waals surface area contributed by atoms with Gasteiger partial charge in [0.05, 0.1) is 11.9 Å². The summed E-state index contributed by atoms with van der Waals surface area (Å²) in [5, 5.41) is 8.93. The average Bonchev–Trinajstić information content (AvgIpc) is 3.18. The van der Waals surface area contributed by atoms with Crippen LogP contribution in [0, 0.1) is 6.92 Å². The number of carbonyl (C=O) groups is 1. The lowest BCUT2D eigenvalue weighted by atomic mass is 10.2. The summed E-state index contributed by atoms with van der Waals surface area (Å²) in [5.41, 5.74) is 2.85. The van der Waals surface area contributed by atoms with Gasteiger partial charge in [-0.25, -0.2) is 4.68 Å². The zero-order valence-corrected chi connectivity index (χ0v) is 14.1. The fraction of sp³-hybridized carbons (Fsp3) is 0.235. The van der Waals surface area contributed by atoms with Crippen molar-refractivity contribution in [2.45, 2.75) is 19.9 Å². The van der Waals surface area contributed by atoms with E-state index in [1.54, 1.807) is 11.6 Å². The number of amides is 1. The first-order valence-corrected chi connectivity index (χ1v) is 8.52. The Labute approximate surface area is 143 Å². The molecule has 2 heterocycles. The molecule has 0 radical (unpaired) electrons. The number of aryl methyl sites for hydroxylation is 1. The van der Waals surface area contributed by atoms with Gasteiger partial charge in [0.15, 0.2) is 0 Å². The summed E-state index contributed by atoms with van der Waals surface area (Å²) in [5.74, 6) is -0.158. The van der Waals surface area contributed by atoms with Crippen molar-refractivity contribution in [3.05, 3.63) is 69.0 Å². The zero-order valence-electron chi connectivity index (χ0n) is 13.3. The Bertz CT molecular complexity index is 879. The van der Waals surface area contributed by atoms with E-state index >= 15 is 0 Å². The standard InChI is InChI=1S/C17H18N4O2S/c1-13-12-24-17(23)20(13)11-16(22)18-8-7-14-9-19-21(10-14)15-5-3-2-4-6-15/h2-6,9-10,12H,7-8,11H2,1H3,(H,18,22). The number of para-hydroxylation sites is 1. The Morgan fingerprint density at radius 1 is 1.29 bits per heavy atom. The Morgan fingerprint density at radius 2 is 2.08 bits per heavy atom. The van der Waals surface area contributed by atoms with E-state index in [1.165, 1.54) is 4.57 Å². The summed E-state index contributed by atoms with van der Waals surface area (Å²) in [6.45, 7) is 2.40. The van der Waals surface area contributed by atoms with Gasteiger partial charge in [0, 0.05) is 23.8 Å². The minimum absolute atomic E-state index is 0.0669. The summed E-state index contributed by atoms with van der Waals surface area (Å²) >= 11 is 1.11. The second kappa shape index (κ2) is 7.27. The van der Waals surface area contributed by atoms with Gasteiger partial charge < -0.3 is 5.32 Å². The lowest BCUT2D eigenvalue weighted by molar-refractivity contribution is -0.121. The molecule has 0 unspecified atom stereocenters. The monoisotopic (exact) mass is 342 g/mol. The average molecular weight is 342 g/mol. The molecule has 7 heteroatoms. The number of carbonyl (C=O) groups excluding carboxylic acids is 1. The van der Waals surface area contributed by atoms with Crippen LogP contribution < -0.4 is 10.2 Å². The van der Waals surface area contributed by atoms with Gasteiger partial charge in [0.25, 0.3) is 0 Å². The third-order valence-electron chi connectivity index (χ3n) is 3.67. The minimum Gasteiger partial charge on any atom is -0.354 e. The smallest absolute Gasteiger partial charge is 0.307 e. The maximum Gasteiger partial charge on any atom is 0.307 e. The molecule has 124 valence electrons. The Balaban J connectivity index is 1.51. The number of aromatic nitrogens is 3. The van der Waals surface area contributed by atoms with Crippen molar-refractivity contribution >= 4 is 17.2 Å². The van der Waals surface area contributed by atoms with Crippen molar-refractivity contribution < 1.29 is 4.79 Å². The normalized spacial score (nSPS) is 10.7. The highest BCUT2D eigenvalue weighted by Crippen LogP contribution is 2.07. The fourth-order valence-corrected chi connectivity index (χ4v) is 3.09. The first kappa shape index (κ1) is 16.2. The third kappa shape index (κ3) is 3.80. The summed E-state index contributed by atoms with van der Waals surface area (Å²) in [7, 11) is 0. The van der Waals surface area contributed by atoms with E-state index in [4.69, 9.17) is 0 Å². The molecule has 3 aromatic rings. The fourth-order valence-electron chi connectivity index (χ4n) is 2.35. The van der Waals surface area contributed by atoms with E-state index in [0.717, 1.165) is 28.3 Å². The number of nitrogens with zero attached hydrogens (tertiary/aromatic N) is 3. The maximum atomic E-state index is 11.9. The van der Waals surface area contributed by atoms with Gasteiger partial charge in [0.2, 0.25) is 5.91 Å². The molecule has 0 aliphatic carbocycles. The highest BCUT2D eigenvalue weighted by Gasteiger charge is 2.08. The van der Waals surface area contributed by atoms with E-state index in [-0.39, 0.29) is 17.3 Å². The van der Waals surface area contributed by atoms with Gasteiger partial charge in [0.1, 0.15) is 6.54 Å². The van der Waals surface area contributed by atoms with Crippen LogP contribution in [0.3, 0.4) is 0 Å². The van der Waals surface area contributed by atoms with Gasteiger partial charge in [-0.15, -0.1) is 0 Å². The van der Waals surface area contributed by atoms with Crippen LogP contribution in [0.1, 0.15) is 11.3 Å². The number of hydrogen-bond donors (Lipinski definition) is 1. The highest BCUT2D eigenvalue weighted by atomic mass is 32.1. The van der Waals surface area contributed by atoms with E-state index in [1.807, 2.05) is 48.1 Å². The topological polar surface area (TPSA) is 68.9 Å². The number of hydrogen-bond acceptors (Lipinski definition) is 4. The lowest BCUT2D eigenvalue weighted by Crippen LogP contribution is -2.32. The van der Waals surface area contributed by atoms with Crippen LogP contribution in [0.4, 0.5) is 0 Å². The molecule has 0 aliphatic heterocycles. The number of nitrogens with one attached hydrogen (secondary N) is 1. The molecule has 0 bridgehead atoms. The molecule has 0 fully saturated rings. The summed E-state index contributed by atoms with van der Waals surface area (Å²) in [6.07, 6.45) is 4.44. The molecule has 0 saturated heterocycles. The summed E-state index contributed by atoms with van der Waals surface area (Å²) < 4.78 is 3.29. The van der Waals surface area contributed by atoms with Crippen molar-refractivity contribution in [3.8, 4) is 5.69 Å². The molecule has 6 nitrogen and oxygen atoms in total. The van der Waals surface area contributed by atoms with Crippen LogP contribution >= 0.6 is 11.3 Å². The van der Waals surface area contributed by atoms with E-state index in [0.29, 0.717) is 13.0 Å². The molecule has 1 amide bonds. The molecule has 0 saturated carbocycles. The predicted octanol–water partition coefficient (Wildman–Crippen LogP) is 1.76. The zero-order chi connectivity index (χ0) is 16.9. The number of rotatable bonds is 6. The Morgan fingerprint density at radius 3 is 2.79 bits per heavy atom. The molecule has 2 aromatic heterocycles. The summed E-state index contributed by atoms with van der Waals surface area (Å²) in [4.78, 5) is 23.4. The largest absolute Gasteiger partial charge is 0.354 e. The minimum atomic E-state index is -0.158. The maximum absolute atomic E-state index is 11.9. The van der Waals surface area contributed by atoms with Crippen LogP contribution in [0.5, 0.6) is 0 Å². The van der Waals surface area contributed by atoms with Crippen LogP contribution in [0.2, 0.25) is 0 Å². The third-order valence-corrected chi connectivity index (χ3v) is 4.55. The molecule has 1 N–H and O–H groups in total. The van der Waals surface area contributed by atoms with E-state index in [9.17, 15) is 9.59 Å². The van der Waals surface area contributed by atoms with E-state index in [2.05, 4.69) is 10.4 Å². The first-order chi connectivity index (χ1) is 11.6. The van der Waals surface area contributed by atoms with Gasteiger partial charge in [-0.2, -0.15) is 5.10 Å². The van der Waals surface area contributed by atoms with Crippen LogP contribution in [0.15, 0.2) is 52.9 Å². The van der Waals surface area contributed by atoms with Gasteiger partial charge >= 0.3 is 4.87 Å². The second-order valence-corrected chi connectivity index (χ2v) is 6.28. The predicted molar refractivity (Wildman–Crippen MR) is 93.6 cm³/mol. The molecule has 0 atom stereocenters. The van der Waals surface area contributed by atoms with Crippen molar-refractivity contribution in [2.75, 3.05) is 6.54 Å². The Hall–Kier alpha value is -2.67. The molecule has 0 aliphatic rings. The Kier molecular flexibility index (Phi) is 4.90. The quantitative estimate of drug-likeness (QED) is 0.742. The SMILES string of the molecule is Cc1csc(=O)n1CC(=O)NCCc1cnn(-c2ccccc2)c1. The molecular weight excluding hydrogens is 324 g/mol. The summed E-state index contributed by atoms with van der Waals surface area (Å²) in [6, 6.07) is 9.86. The van der Waals surface area contributed by atoms with E-state index < -0.39 is 0 Å². The van der Waals surface area contributed by atoms with Crippen LogP contribution in [-0.4, -0.2) is 26.8 Å². The second-order valence-electron chi connectivity index (χ2n) is 5.46. The van der Waals surface area contributed by atoms with Gasteiger partial charge in [-0.05, 0) is 31.0 Å². The first-order valence-electron chi connectivity index (χ1n) is 7.64. The molecule has 0 spiro atoms. The molecule has 24 heavy (non-hydrogen) atoms. The van der Waals surface area contributed by atoms with Gasteiger partial charge in [-0.1, -0.05) is 29.5 Å². The van der Waals surface area contributed by atoms with Crippen LogP contribution in [0.25, 0.3) is 5.69 Å². The molecule has 1 aromatic carbocycles. The highest BCUT2D eigenvalue weighted by molar-refractivity contribution is 7.07. The van der Waals surface area contributed by atoms with Crippen molar-refractivity contribution in [1.82, 2.24) is 19.7 Å². The number of thiazole rings is 1. The molecular formula is C17H18N4O2S. The number of benzene rings is 1.